The first-order valence-electron chi connectivity index (χ1n) is 7.06. The fourth-order valence-electron chi connectivity index (χ4n) is 2.38. The van der Waals surface area contributed by atoms with E-state index >= 15 is 0 Å². The molecule has 1 atom stereocenters. The van der Waals surface area contributed by atoms with Crippen molar-refractivity contribution < 1.29 is 0 Å². The van der Waals surface area contributed by atoms with E-state index in [1.165, 1.54) is 24.0 Å². The zero-order valence-electron chi connectivity index (χ0n) is 11.3. The van der Waals surface area contributed by atoms with E-state index in [9.17, 15) is 0 Å². The molecule has 0 saturated heterocycles. The third-order valence-electron chi connectivity index (χ3n) is 3.74. The maximum atomic E-state index is 4.38. The minimum absolute atomic E-state index is 0.283. The van der Waals surface area contributed by atoms with Crippen LogP contribution in [0.25, 0.3) is 0 Å². The number of nitrogens with one attached hydrogen (secondary N) is 1. The zero-order chi connectivity index (χ0) is 13.1. The highest BCUT2D eigenvalue weighted by Gasteiger charge is 2.23. The van der Waals surface area contributed by atoms with Crippen LogP contribution in [0.1, 0.15) is 48.5 Å². The lowest BCUT2D eigenvalue weighted by atomic mass is 10.1. The summed E-state index contributed by atoms with van der Waals surface area (Å²) in [6.07, 6.45) is 4.57. The lowest BCUT2D eigenvalue weighted by Gasteiger charge is -2.13. The molecule has 1 N–H and O–H groups in total. The second-order valence-corrected chi connectivity index (χ2v) is 5.38. The molecule has 2 heteroatoms. The number of nitrogens with zero attached hydrogens (tertiary/aromatic N) is 1. The Kier molecular flexibility index (Phi) is 3.60. The zero-order valence-corrected chi connectivity index (χ0v) is 11.3. The molecule has 0 bridgehead atoms. The monoisotopic (exact) mass is 252 g/mol. The third kappa shape index (κ3) is 3.21. The third-order valence-corrected chi connectivity index (χ3v) is 3.74. The highest BCUT2D eigenvalue weighted by Crippen LogP contribution is 2.40. The predicted molar refractivity (Wildman–Crippen MR) is 77.9 cm³/mol. The van der Waals surface area contributed by atoms with E-state index < -0.39 is 0 Å². The van der Waals surface area contributed by atoms with Gasteiger partial charge < -0.3 is 5.32 Å². The molecule has 0 aliphatic heterocycles. The largest absolute Gasteiger partial charge is 0.305 e. The maximum Gasteiger partial charge on any atom is 0.0570 e. The number of aromatic nitrogens is 1. The molecule has 1 aliphatic carbocycles. The van der Waals surface area contributed by atoms with Gasteiger partial charge in [0.15, 0.2) is 0 Å². The van der Waals surface area contributed by atoms with Crippen LogP contribution in [0.2, 0.25) is 0 Å². The Bertz CT molecular complexity index is 532. The minimum atomic E-state index is 0.283. The van der Waals surface area contributed by atoms with Gasteiger partial charge in [-0.3, -0.25) is 4.98 Å². The van der Waals surface area contributed by atoms with Crippen molar-refractivity contribution in [3.8, 4) is 0 Å². The molecule has 1 fully saturated rings. The number of benzene rings is 1. The van der Waals surface area contributed by atoms with Crippen molar-refractivity contribution in [1.29, 1.82) is 0 Å². The van der Waals surface area contributed by atoms with Gasteiger partial charge in [-0.15, -0.1) is 0 Å². The normalized spacial score (nSPS) is 16.3. The molecule has 1 heterocycles. The molecule has 0 radical (unpaired) electrons. The lowest BCUT2D eigenvalue weighted by molar-refractivity contribution is 0.561. The highest BCUT2D eigenvalue weighted by molar-refractivity contribution is 5.29. The molecule has 0 spiro atoms. The molecule has 1 aliphatic rings. The molecule has 3 rings (SSSR count). The fourth-order valence-corrected chi connectivity index (χ4v) is 2.38. The van der Waals surface area contributed by atoms with Crippen LogP contribution in [0.3, 0.4) is 0 Å². The van der Waals surface area contributed by atoms with Crippen LogP contribution < -0.4 is 5.32 Å². The molecular weight excluding hydrogens is 232 g/mol. The first-order valence-corrected chi connectivity index (χ1v) is 7.06. The molecule has 1 saturated carbocycles. The summed E-state index contributed by atoms with van der Waals surface area (Å²) in [4.78, 5) is 4.38. The van der Waals surface area contributed by atoms with Crippen LogP contribution in [-0.4, -0.2) is 4.98 Å². The molecule has 0 amide bonds. The van der Waals surface area contributed by atoms with Crippen molar-refractivity contribution in [3.05, 3.63) is 65.5 Å². The topological polar surface area (TPSA) is 24.9 Å². The van der Waals surface area contributed by atoms with Crippen molar-refractivity contribution in [2.45, 2.75) is 38.3 Å². The summed E-state index contributed by atoms with van der Waals surface area (Å²) in [5, 5.41) is 3.54. The predicted octanol–water partition coefficient (Wildman–Crippen LogP) is 3.81. The molecular formula is C17H20N2. The smallest absolute Gasteiger partial charge is 0.0570 e. The van der Waals surface area contributed by atoms with E-state index in [2.05, 4.69) is 47.6 Å². The molecule has 1 aromatic carbocycles. The van der Waals surface area contributed by atoms with Crippen molar-refractivity contribution in [2.24, 2.45) is 0 Å². The van der Waals surface area contributed by atoms with E-state index in [0.29, 0.717) is 0 Å². The Morgan fingerprint density at radius 2 is 2.11 bits per heavy atom. The summed E-state index contributed by atoms with van der Waals surface area (Å²) >= 11 is 0. The summed E-state index contributed by atoms with van der Waals surface area (Å²) in [5.41, 5.74) is 3.97. The van der Waals surface area contributed by atoms with Gasteiger partial charge in [-0.2, -0.15) is 0 Å². The van der Waals surface area contributed by atoms with Gasteiger partial charge in [0.25, 0.3) is 0 Å². The van der Waals surface area contributed by atoms with Gasteiger partial charge in [0.05, 0.1) is 5.69 Å². The molecule has 2 aromatic rings. The van der Waals surface area contributed by atoms with E-state index in [0.717, 1.165) is 18.2 Å². The lowest BCUT2D eigenvalue weighted by Crippen LogP contribution is -2.19. The summed E-state index contributed by atoms with van der Waals surface area (Å²) in [6, 6.07) is 15.3. The van der Waals surface area contributed by atoms with Crippen LogP contribution in [0.15, 0.2) is 48.7 Å². The van der Waals surface area contributed by atoms with Crippen LogP contribution in [0, 0.1) is 0 Å². The molecule has 98 valence electrons. The van der Waals surface area contributed by atoms with Crippen molar-refractivity contribution >= 4 is 0 Å². The standard InChI is InChI=1S/C17H20N2/c1-13(17-7-2-3-10-18-17)19-12-14-5-4-6-16(11-14)15-8-9-15/h2-7,10-11,13,15,19H,8-9,12H2,1H3. The van der Waals surface area contributed by atoms with Crippen LogP contribution in [0.4, 0.5) is 0 Å². The number of hydrogen-bond acceptors (Lipinski definition) is 2. The van der Waals surface area contributed by atoms with E-state index in [-0.39, 0.29) is 6.04 Å². The van der Waals surface area contributed by atoms with Gasteiger partial charge in [0.2, 0.25) is 0 Å². The van der Waals surface area contributed by atoms with Crippen LogP contribution in [-0.2, 0) is 6.54 Å². The Morgan fingerprint density at radius 1 is 1.21 bits per heavy atom. The SMILES string of the molecule is CC(NCc1cccc(C2CC2)c1)c1ccccn1. The summed E-state index contributed by atoms with van der Waals surface area (Å²) in [7, 11) is 0. The number of rotatable bonds is 5. The fraction of sp³-hybridized carbons (Fsp3) is 0.353. The summed E-state index contributed by atoms with van der Waals surface area (Å²) in [6.45, 7) is 3.06. The van der Waals surface area contributed by atoms with Gasteiger partial charge >= 0.3 is 0 Å². The van der Waals surface area contributed by atoms with Gasteiger partial charge in [0.1, 0.15) is 0 Å². The second-order valence-electron chi connectivity index (χ2n) is 5.38. The molecule has 19 heavy (non-hydrogen) atoms. The Labute approximate surface area is 114 Å². The molecule has 2 nitrogen and oxygen atoms in total. The van der Waals surface area contributed by atoms with Crippen LogP contribution in [0.5, 0.6) is 0 Å². The molecule has 1 unspecified atom stereocenters. The van der Waals surface area contributed by atoms with E-state index in [1.54, 1.807) is 0 Å². The van der Waals surface area contributed by atoms with Crippen molar-refractivity contribution in [2.75, 3.05) is 0 Å². The van der Waals surface area contributed by atoms with Crippen molar-refractivity contribution in [1.82, 2.24) is 10.3 Å². The number of pyridine rings is 1. The van der Waals surface area contributed by atoms with E-state index in [1.807, 2.05) is 18.3 Å². The summed E-state index contributed by atoms with van der Waals surface area (Å²) < 4.78 is 0. The average Bonchev–Trinajstić information content (AvgIpc) is 3.31. The first-order chi connectivity index (χ1) is 9.33. The Hall–Kier alpha value is -1.67. The van der Waals surface area contributed by atoms with Gasteiger partial charge in [-0.05, 0) is 48.9 Å². The van der Waals surface area contributed by atoms with Gasteiger partial charge in [-0.25, -0.2) is 0 Å². The van der Waals surface area contributed by atoms with Gasteiger partial charge in [-0.1, -0.05) is 30.3 Å². The first kappa shape index (κ1) is 12.4. The second kappa shape index (κ2) is 5.54. The van der Waals surface area contributed by atoms with Crippen LogP contribution >= 0.6 is 0 Å². The maximum absolute atomic E-state index is 4.38. The average molecular weight is 252 g/mol. The van der Waals surface area contributed by atoms with Crippen molar-refractivity contribution in [3.63, 3.8) is 0 Å². The van der Waals surface area contributed by atoms with Gasteiger partial charge in [0, 0.05) is 18.8 Å². The Morgan fingerprint density at radius 3 is 2.84 bits per heavy atom. The Balaban J connectivity index is 1.61. The highest BCUT2D eigenvalue weighted by atomic mass is 14.9. The number of hydrogen-bond donors (Lipinski definition) is 1. The minimum Gasteiger partial charge on any atom is -0.305 e. The summed E-state index contributed by atoms with van der Waals surface area (Å²) in [5.74, 6) is 0.827. The van der Waals surface area contributed by atoms with E-state index in [4.69, 9.17) is 0 Å². The molecule has 1 aromatic heterocycles. The quantitative estimate of drug-likeness (QED) is 0.875.